The van der Waals surface area contributed by atoms with E-state index in [2.05, 4.69) is 5.10 Å². The fourth-order valence-electron chi connectivity index (χ4n) is 1.47. The lowest BCUT2D eigenvalue weighted by molar-refractivity contribution is -0.143. The van der Waals surface area contributed by atoms with Gasteiger partial charge in [0.1, 0.15) is 11.3 Å². The van der Waals surface area contributed by atoms with Crippen molar-refractivity contribution in [3.8, 4) is 5.69 Å². The number of nitrogens with zero attached hydrogens (tertiary/aromatic N) is 2. The smallest absolute Gasteiger partial charge is 0.235 e. The summed E-state index contributed by atoms with van der Waals surface area (Å²) in [5.74, 6) is -9.38. The van der Waals surface area contributed by atoms with Crippen LogP contribution in [0.3, 0.4) is 0 Å². The van der Waals surface area contributed by atoms with Gasteiger partial charge in [-0.25, -0.2) is 22.2 Å². The fourth-order valence-corrected chi connectivity index (χ4v) is 1.47. The molecule has 1 aromatic heterocycles. The summed E-state index contributed by atoms with van der Waals surface area (Å²) < 4.78 is 90.7. The van der Waals surface area contributed by atoms with Crippen LogP contribution in [0.25, 0.3) is 5.69 Å². The fraction of sp³-hybridized carbons (Fsp3) is 0.100. The summed E-state index contributed by atoms with van der Waals surface area (Å²) in [5, 5.41) is 3.30. The molecule has 0 amide bonds. The first kappa shape index (κ1) is 13.4. The Labute approximate surface area is 101 Å². The van der Waals surface area contributed by atoms with Crippen molar-refractivity contribution in [3.63, 3.8) is 0 Å². The molecule has 102 valence electrons. The van der Waals surface area contributed by atoms with E-state index in [0.29, 0.717) is 4.68 Å². The van der Waals surface area contributed by atoms with Crippen LogP contribution in [-0.4, -0.2) is 9.78 Å². The van der Waals surface area contributed by atoms with Gasteiger partial charge in [0.05, 0.1) is 0 Å². The van der Waals surface area contributed by atoms with E-state index in [1.165, 1.54) is 6.07 Å². The molecule has 2 rings (SSSR count). The molecule has 0 atom stereocenters. The Kier molecular flexibility index (Phi) is 2.99. The molecule has 9 heteroatoms. The van der Waals surface area contributed by atoms with Gasteiger partial charge in [-0.1, -0.05) is 0 Å². The lowest BCUT2D eigenvalue weighted by Gasteiger charge is -2.13. The minimum absolute atomic E-state index is 0.386. The van der Waals surface area contributed by atoms with E-state index < -0.39 is 40.7 Å². The van der Waals surface area contributed by atoms with Crippen LogP contribution in [0.1, 0.15) is 5.56 Å². The number of rotatable bonds is 1. The topological polar surface area (TPSA) is 17.8 Å². The predicted octanol–water partition coefficient (Wildman–Crippen LogP) is 3.45. The number of benzene rings is 1. The summed E-state index contributed by atoms with van der Waals surface area (Å²) in [5.41, 5.74) is -3.97. The predicted molar refractivity (Wildman–Crippen MR) is 48.4 cm³/mol. The average Bonchev–Trinajstić information content (AvgIpc) is 2.79. The summed E-state index contributed by atoms with van der Waals surface area (Å²) in [6.07, 6.45) is -3.60. The Morgan fingerprint density at radius 3 is 1.79 bits per heavy atom. The molecule has 0 fully saturated rings. The van der Waals surface area contributed by atoms with E-state index >= 15 is 0 Å². The Bertz CT molecular complexity index is 587. The van der Waals surface area contributed by atoms with Crippen LogP contribution in [0.15, 0.2) is 18.5 Å². The lowest BCUT2D eigenvalue weighted by Crippen LogP contribution is -2.18. The Balaban J connectivity index is 2.82. The molecule has 0 aliphatic rings. The number of halogens is 7. The van der Waals surface area contributed by atoms with Gasteiger partial charge in [-0.3, -0.25) is 0 Å². The van der Waals surface area contributed by atoms with Crippen LogP contribution >= 0.6 is 0 Å². The standard InChI is InChI=1S/C10H3F7N2/c11-5-4(10(15,16)17)6(12)8(14)9(7(5)13)19-3-1-2-18-19/h1-3H. The minimum Gasteiger partial charge on any atom is -0.235 e. The molecule has 2 nitrogen and oxygen atoms in total. The van der Waals surface area contributed by atoms with E-state index in [0.717, 1.165) is 12.4 Å². The van der Waals surface area contributed by atoms with Crippen molar-refractivity contribution in [1.29, 1.82) is 0 Å². The molecular formula is C10H3F7N2. The van der Waals surface area contributed by atoms with Gasteiger partial charge >= 0.3 is 6.18 Å². The zero-order valence-electron chi connectivity index (χ0n) is 8.77. The second kappa shape index (κ2) is 4.25. The highest BCUT2D eigenvalue weighted by Crippen LogP contribution is 2.37. The average molecular weight is 284 g/mol. The molecule has 0 unspecified atom stereocenters. The van der Waals surface area contributed by atoms with Gasteiger partial charge in [-0.05, 0) is 6.07 Å². The number of hydrogen-bond donors (Lipinski definition) is 0. The molecule has 0 radical (unpaired) electrons. The van der Waals surface area contributed by atoms with Gasteiger partial charge in [-0.2, -0.15) is 18.3 Å². The monoisotopic (exact) mass is 284 g/mol. The molecule has 0 aliphatic carbocycles. The van der Waals surface area contributed by atoms with Crippen LogP contribution in [0.5, 0.6) is 0 Å². The first-order valence-corrected chi connectivity index (χ1v) is 4.68. The molecule has 0 spiro atoms. The third-order valence-corrected chi connectivity index (χ3v) is 2.26. The maximum atomic E-state index is 13.5. The van der Waals surface area contributed by atoms with Crippen LogP contribution in [0, 0.1) is 23.3 Å². The van der Waals surface area contributed by atoms with E-state index in [1.807, 2.05) is 0 Å². The number of alkyl halides is 3. The summed E-state index contributed by atoms with van der Waals surface area (Å²) in [6, 6.07) is 1.17. The SMILES string of the molecule is Fc1c(F)c(C(F)(F)F)c(F)c(F)c1-n1cccn1. The van der Waals surface area contributed by atoms with E-state index in [4.69, 9.17) is 0 Å². The maximum absolute atomic E-state index is 13.5. The molecule has 1 aromatic carbocycles. The molecule has 0 aliphatic heterocycles. The zero-order chi connectivity index (χ0) is 14.4. The summed E-state index contributed by atoms with van der Waals surface area (Å²) >= 11 is 0. The summed E-state index contributed by atoms with van der Waals surface area (Å²) in [4.78, 5) is 0. The van der Waals surface area contributed by atoms with Crippen LogP contribution in [0.4, 0.5) is 30.7 Å². The largest absolute Gasteiger partial charge is 0.422 e. The highest BCUT2D eigenvalue weighted by molar-refractivity contribution is 5.41. The van der Waals surface area contributed by atoms with Crippen molar-refractivity contribution in [2.45, 2.75) is 6.18 Å². The van der Waals surface area contributed by atoms with Crippen molar-refractivity contribution in [2.24, 2.45) is 0 Å². The lowest BCUT2D eigenvalue weighted by atomic mass is 10.1. The Morgan fingerprint density at radius 2 is 1.42 bits per heavy atom. The molecular weight excluding hydrogens is 281 g/mol. The van der Waals surface area contributed by atoms with E-state index in [9.17, 15) is 30.7 Å². The van der Waals surface area contributed by atoms with Gasteiger partial charge in [0.15, 0.2) is 23.3 Å². The number of hydrogen-bond acceptors (Lipinski definition) is 1. The molecule has 0 N–H and O–H groups in total. The first-order valence-electron chi connectivity index (χ1n) is 4.68. The van der Waals surface area contributed by atoms with Crippen molar-refractivity contribution >= 4 is 0 Å². The summed E-state index contributed by atoms with van der Waals surface area (Å²) in [6.45, 7) is 0. The molecule has 19 heavy (non-hydrogen) atoms. The molecule has 0 saturated heterocycles. The van der Waals surface area contributed by atoms with Crippen molar-refractivity contribution < 1.29 is 30.7 Å². The summed E-state index contributed by atoms with van der Waals surface area (Å²) in [7, 11) is 0. The third-order valence-electron chi connectivity index (χ3n) is 2.26. The minimum atomic E-state index is -5.56. The van der Waals surface area contributed by atoms with Crippen LogP contribution in [-0.2, 0) is 6.18 Å². The van der Waals surface area contributed by atoms with E-state index in [1.54, 1.807) is 0 Å². The van der Waals surface area contributed by atoms with E-state index in [-0.39, 0.29) is 0 Å². The quantitative estimate of drug-likeness (QED) is 0.579. The maximum Gasteiger partial charge on any atom is 0.422 e. The highest BCUT2D eigenvalue weighted by Gasteiger charge is 2.42. The second-order valence-electron chi connectivity index (χ2n) is 3.43. The molecule has 2 aromatic rings. The number of aromatic nitrogens is 2. The Hall–Kier alpha value is -2.06. The van der Waals surface area contributed by atoms with Gasteiger partial charge in [-0.15, -0.1) is 0 Å². The van der Waals surface area contributed by atoms with Crippen LogP contribution < -0.4 is 0 Å². The highest BCUT2D eigenvalue weighted by atomic mass is 19.4. The Morgan fingerprint density at radius 1 is 0.895 bits per heavy atom. The molecule has 0 bridgehead atoms. The van der Waals surface area contributed by atoms with Gasteiger partial charge < -0.3 is 0 Å². The van der Waals surface area contributed by atoms with Crippen molar-refractivity contribution in [3.05, 3.63) is 47.3 Å². The van der Waals surface area contributed by atoms with Crippen molar-refractivity contribution in [2.75, 3.05) is 0 Å². The molecule has 0 saturated carbocycles. The first-order chi connectivity index (χ1) is 8.75. The van der Waals surface area contributed by atoms with Crippen LogP contribution in [0.2, 0.25) is 0 Å². The normalized spacial score (nSPS) is 11.9. The van der Waals surface area contributed by atoms with Gasteiger partial charge in [0, 0.05) is 12.4 Å². The molecule has 1 heterocycles. The van der Waals surface area contributed by atoms with Gasteiger partial charge in [0.2, 0.25) is 0 Å². The van der Waals surface area contributed by atoms with Crippen molar-refractivity contribution in [1.82, 2.24) is 9.78 Å². The van der Waals surface area contributed by atoms with Gasteiger partial charge in [0.25, 0.3) is 0 Å². The second-order valence-corrected chi connectivity index (χ2v) is 3.43. The third kappa shape index (κ3) is 2.04. The zero-order valence-corrected chi connectivity index (χ0v) is 8.77.